The molecule has 2 aromatic carbocycles. The number of piperidine rings is 3. The molecule has 5 atom stereocenters. The third-order valence-corrected chi connectivity index (χ3v) is 7.98. The molecule has 4 heterocycles. The molecule has 3 aliphatic heterocycles. The predicted octanol–water partition coefficient (Wildman–Crippen LogP) is 6.90. The van der Waals surface area contributed by atoms with Crippen LogP contribution in [-0.4, -0.2) is 39.2 Å². The molecule has 1 unspecified atom stereocenters. The molecule has 40 heavy (non-hydrogen) atoms. The van der Waals surface area contributed by atoms with Gasteiger partial charge in [0.25, 0.3) is 0 Å². The molecule has 0 saturated carbocycles. The highest BCUT2D eigenvalue weighted by Crippen LogP contribution is 2.43. The molecule has 212 valence electrons. The Hall–Kier alpha value is -3.38. The standard InChI is InChI=1S/C28H26F6N4OS/c1-2-15-14-38-8-6-16(15)9-24(38)25(21-5-7-35-23-4-3-20(39)13-22(21)23)37-26(40)36-19-11-17(27(29,30)31)10-18(12-19)28(32,33)34/h2-5,7,10-13,15-16,24-25,39H,1,6,8-9,14H2,(H2,36,37,40)/t15-,16-,24-,25-/m0/s1. The number of alkyl halides is 6. The Balaban J connectivity index is 1.50. The molecule has 1 aromatic heterocycles. The summed E-state index contributed by atoms with van der Waals surface area (Å²) in [5.74, 6) is 0.722. The van der Waals surface area contributed by atoms with Crippen molar-refractivity contribution in [3.8, 4) is 5.75 Å². The van der Waals surface area contributed by atoms with Gasteiger partial charge < -0.3 is 15.7 Å². The zero-order valence-corrected chi connectivity index (χ0v) is 21.9. The Morgan fingerprint density at radius 1 is 1.07 bits per heavy atom. The fourth-order valence-corrected chi connectivity index (χ4v) is 6.11. The zero-order valence-electron chi connectivity index (χ0n) is 21.1. The monoisotopic (exact) mass is 580 g/mol. The van der Waals surface area contributed by atoms with Crippen molar-refractivity contribution in [3.63, 3.8) is 0 Å². The maximum absolute atomic E-state index is 13.4. The molecule has 5 nitrogen and oxygen atoms in total. The average molecular weight is 581 g/mol. The molecule has 6 rings (SSSR count). The quantitative estimate of drug-likeness (QED) is 0.173. The molecule has 0 amide bonds. The molecule has 3 aliphatic rings. The van der Waals surface area contributed by atoms with Gasteiger partial charge in [0.2, 0.25) is 0 Å². The third-order valence-electron chi connectivity index (χ3n) is 7.76. The highest BCUT2D eigenvalue weighted by Gasteiger charge is 2.43. The fraction of sp³-hybridized carbons (Fsp3) is 0.357. The molecular formula is C28H26F6N4OS. The smallest absolute Gasteiger partial charge is 0.416 e. The van der Waals surface area contributed by atoms with Crippen LogP contribution in [0.2, 0.25) is 0 Å². The van der Waals surface area contributed by atoms with Crippen molar-refractivity contribution in [1.82, 2.24) is 15.2 Å². The second-order valence-electron chi connectivity index (χ2n) is 10.2. The van der Waals surface area contributed by atoms with Gasteiger partial charge in [-0.05, 0) is 91.5 Å². The summed E-state index contributed by atoms with van der Waals surface area (Å²) >= 11 is 5.45. The summed E-state index contributed by atoms with van der Waals surface area (Å²) in [6, 6.07) is 7.21. The van der Waals surface area contributed by atoms with E-state index in [1.54, 1.807) is 24.4 Å². The van der Waals surface area contributed by atoms with Gasteiger partial charge in [-0.25, -0.2) is 0 Å². The number of hydrogen-bond donors (Lipinski definition) is 3. The van der Waals surface area contributed by atoms with Crippen molar-refractivity contribution in [2.24, 2.45) is 11.8 Å². The van der Waals surface area contributed by atoms with Crippen molar-refractivity contribution in [2.45, 2.75) is 37.3 Å². The van der Waals surface area contributed by atoms with Crippen LogP contribution in [0.4, 0.5) is 32.0 Å². The summed E-state index contributed by atoms with van der Waals surface area (Å²) in [6.07, 6.45) is -4.63. The van der Waals surface area contributed by atoms with Gasteiger partial charge in [0.15, 0.2) is 5.11 Å². The minimum Gasteiger partial charge on any atom is -0.508 e. The number of fused-ring (bicyclic) bond motifs is 4. The number of hydrogen-bond acceptors (Lipinski definition) is 4. The van der Waals surface area contributed by atoms with Gasteiger partial charge in [-0.2, -0.15) is 26.3 Å². The number of pyridine rings is 1. The molecule has 3 saturated heterocycles. The molecule has 0 aliphatic carbocycles. The lowest BCUT2D eigenvalue weighted by atomic mass is 9.73. The van der Waals surface area contributed by atoms with Crippen LogP contribution in [0, 0.1) is 11.8 Å². The van der Waals surface area contributed by atoms with Crippen LogP contribution in [-0.2, 0) is 12.4 Å². The topological polar surface area (TPSA) is 60.4 Å². The second kappa shape index (κ2) is 10.5. The molecule has 0 spiro atoms. The van der Waals surface area contributed by atoms with E-state index in [9.17, 15) is 31.4 Å². The van der Waals surface area contributed by atoms with Crippen molar-refractivity contribution < 1.29 is 31.4 Å². The second-order valence-corrected chi connectivity index (χ2v) is 10.6. The summed E-state index contributed by atoms with van der Waals surface area (Å²) in [4.78, 5) is 6.67. The SMILES string of the molecule is C=C[C@H]1CN2CC[C@H]1C[C@H]2[C@@H](NC(=S)Nc1cc(C(F)(F)F)cc(C(F)(F)F)c1)c1ccnc2ccc(O)cc12. The van der Waals surface area contributed by atoms with Gasteiger partial charge in [0, 0.05) is 29.9 Å². The van der Waals surface area contributed by atoms with Crippen LogP contribution in [0.5, 0.6) is 5.75 Å². The number of aromatic nitrogens is 1. The molecule has 3 fully saturated rings. The van der Waals surface area contributed by atoms with E-state index in [4.69, 9.17) is 12.2 Å². The van der Waals surface area contributed by atoms with E-state index < -0.39 is 35.2 Å². The fourth-order valence-electron chi connectivity index (χ4n) is 5.87. The van der Waals surface area contributed by atoms with Gasteiger partial charge in [0.05, 0.1) is 22.7 Å². The Morgan fingerprint density at radius 2 is 1.77 bits per heavy atom. The first-order chi connectivity index (χ1) is 18.8. The number of aromatic hydroxyl groups is 1. The van der Waals surface area contributed by atoms with Crippen molar-refractivity contribution >= 4 is 33.9 Å². The Labute approximate surface area is 231 Å². The van der Waals surface area contributed by atoms with Crippen LogP contribution < -0.4 is 10.6 Å². The Bertz CT molecular complexity index is 1410. The lowest BCUT2D eigenvalue weighted by molar-refractivity contribution is -0.143. The number of phenols is 1. The summed E-state index contributed by atoms with van der Waals surface area (Å²) in [5.41, 5.74) is -1.95. The van der Waals surface area contributed by atoms with Crippen LogP contribution in [0.25, 0.3) is 10.9 Å². The number of halogens is 6. The molecule has 3 aromatic rings. The lowest BCUT2D eigenvalue weighted by Crippen LogP contribution is -2.57. The number of nitrogens with zero attached hydrogens (tertiary/aromatic N) is 2. The maximum atomic E-state index is 13.4. The van der Waals surface area contributed by atoms with E-state index in [0.717, 1.165) is 31.5 Å². The minimum absolute atomic E-state index is 0.0297. The summed E-state index contributed by atoms with van der Waals surface area (Å²) in [7, 11) is 0. The molecule has 0 radical (unpaired) electrons. The third kappa shape index (κ3) is 5.73. The molecule has 12 heteroatoms. The van der Waals surface area contributed by atoms with Crippen molar-refractivity contribution in [2.75, 3.05) is 18.4 Å². The van der Waals surface area contributed by atoms with Crippen LogP contribution in [0.3, 0.4) is 0 Å². The first-order valence-corrected chi connectivity index (χ1v) is 13.1. The molecule has 3 N–H and O–H groups in total. The lowest BCUT2D eigenvalue weighted by Gasteiger charge is -2.52. The van der Waals surface area contributed by atoms with Crippen LogP contribution in [0.15, 0.2) is 61.3 Å². The van der Waals surface area contributed by atoms with E-state index >= 15 is 0 Å². The van der Waals surface area contributed by atoms with Gasteiger partial charge in [-0.15, -0.1) is 6.58 Å². The van der Waals surface area contributed by atoms with Gasteiger partial charge in [-0.3, -0.25) is 9.88 Å². The van der Waals surface area contributed by atoms with E-state index in [0.29, 0.717) is 34.9 Å². The zero-order chi connectivity index (χ0) is 28.8. The number of thiocarbonyl (C=S) groups is 1. The number of nitrogens with one attached hydrogen (secondary N) is 2. The van der Waals surface area contributed by atoms with E-state index in [1.807, 2.05) is 6.08 Å². The number of phenolic OH excluding ortho intramolecular Hbond substituents is 1. The van der Waals surface area contributed by atoms with E-state index in [-0.39, 0.29) is 23.0 Å². The summed E-state index contributed by atoms with van der Waals surface area (Å²) in [5, 5.41) is 16.4. The maximum Gasteiger partial charge on any atom is 0.416 e. The summed E-state index contributed by atoms with van der Waals surface area (Å²) < 4.78 is 80.4. The predicted molar refractivity (Wildman–Crippen MR) is 144 cm³/mol. The van der Waals surface area contributed by atoms with Gasteiger partial charge >= 0.3 is 12.4 Å². The Morgan fingerprint density at radius 3 is 2.38 bits per heavy atom. The number of benzene rings is 2. The highest BCUT2D eigenvalue weighted by atomic mass is 32.1. The molecular weight excluding hydrogens is 554 g/mol. The minimum atomic E-state index is -4.98. The average Bonchev–Trinajstić information content (AvgIpc) is 2.90. The largest absolute Gasteiger partial charge is 0.508 e. The van der Waals surface area contributed by atoms with Crippen molar-refractivity contribution in [3.05, 3.63) is 78.0 Å². The number of rotatable bonds is 5. The Kier molecular flexibility index (Phi) is 7.43. The molecule has 2 bridgehead atoms. The van der Waals surface area contributed by atoms with Crippen molar-refractivity contribution in [1.29, 1.82) is 0 Å². The van der Waals surface area contributed by atoms with Crippen LogP contribution >= 0.6 is 12.2 Å². The van der Waals surface area contributed by atoms with Crippen LogP contribution in [0.1, 0.15) is 35.6 Å². The van der Waals surface area contributed by atoms with Gasteiger partial charge in [0.1, 0.15) is 5.75 Å². The van der Waals surface area contributed by atoms with E-state index in [2.05, 4.69) is 27.1 Å². The van der Waals surface area contributed by atoms with E-state index in [1.165, 1.54) is 6.07 Å². The summed E-state index contributed by atoms with van der Waals surface area (Å²) in [6.45, 7) is 5.56. The highest BCUT2D eigenvalue weighted by molar-refractivity contribution is 7.80. The first kappa shape index (κ1) is 28.2. The normalized spacial score (nSPS) is 23.6. The first-order valence-electron chi connectivity index (χ1n) is 12.6. The number of anilines is 1. The van der Waals surface area contributed by atoms with Gasteiger partial charge in [-0.1, -0.05) is 6.08 Å².